The van der Waals surface area contributed by atoms with Gasteiger partial charge in [0.25, 0.3) is 0 Å². The lowest BCUT2D eigenvalue weighted by Crippen LogP contribution is -2.44. The van der Waals surface area contributed by atoms with E-state index in [-0.39, 0.29) is 5.78 Å². The molecular weight excluding hydrogens is 198 g/mol. The largest absolute Gasteiger partial charge is 0.319 e. The summed E-state index contributed by atoms with van der Waals surface area (Å²) in [5.41, 5.74) is 5.30. The van der Waals surface area contributed by atoms with Crippen molar-refractivity contribution in [1.29, 1.82) is 0 Å². The summed E-state index contributed by atoms with van der Waals surface area (Å²) >= 11 is 0. The van der Waals surface area contributed by atoms with Crippen LogP contribution in [0.4, 0.5) is 0 Å². The van der Waals surface area contributed by atoms with Crippen LogP contribution in [0.15, 0.2) is 0 Å². The highest BCUT2D eigenvalue weighted by atomic mass is 16.1. The maximum atomic E-state index is 11.7. The Morgan fingerprint density at radius 1 is 1.00 bits per heavy atom. The summed E-state index contributed by atoms with van der Waals surface area (Å²) in [5, 5.41) is 0. The highest BCUT2D eigenvalue weighted by Crippen LogP contribution is 2.13. The molecule has 0 rings (SSSR count). The second kappa shape index (κ2) is 8.74. The molecule has 0 aromatic rings. The molecule has 0 aliphatic rings. The van der Waals surface area contributed by atoms with E-state index in [1.54, 1.807) is 0 Å². The number of nitrogens with two attached hydrogens (primary N) is 1. The van der Waals surface area contributed by atoms with Crippen molar-refractivity contribution in [3.8, 4) is 0 Å². The Kier molecular flexibility index (Phi) is 8.54. The van der Waals surface area contributed by atoms with Crippen molar-refractivity contribution in [2.45, 2.75) is 84.1 Å². The van der Waals surface area contributed by atoms with Gasteiger partial charge in [0.1, 0.15) is 0 Å². The number of carbonyl (C=O) groups is 1. The average Bonchev–Trinajstić information content (AvgIpc) is 2.27. The molecule has 0 aromatic carbocycles. The van der Waals surface area contributed by atoms with E-state index < -0.39 is 5.54 Å². The van der Waals surface area contributed by atoms with Gasteiger partial charge in [-0.15, -0.1) is 0 Å². The first-order chi connectivity index (χ1) is 7.54. The van der Waals surface area contributed by atoms with Crippen molar-refractivity contribution < 1.29 is 4.79 Å². The number of unbranched alkanes of at least 4 members (excludes halogenated alkanes) is 6. The van der Waals surface area contributed by atoms with Crippen molar-refractivity contribution in [3.63, 3.8) is 0 Å². The lowest BCUT2D eigenvalue weighted by Gasteiger charge is -2.20. The smallest absolute Gasteiger partial charge is 0.152 e. The summed E-state index contributed by atoms with van der Waals surface area (Å²) < 4.78 is 0. The lowest BCUT2D eigenvalue weighted by atomic mass is 9.91. The fraction of sp³-hybridized carbons (Fsp3) is 0.929. The predicted molar refractivity (Wildman–Crippen MR) is 70.5 cm³/mol. The normalized spacial score (nSPS) is 14.8. The number of hydrogen-bond donors (Lipinski definition) is 1. The molecule has 2 N–H and O–H groups in total. The SMILES string of the molecule is CCCCCCCCCC(=O)C(C)(N)CC. The Labute approximate surface area is 101 Å². The maximum absolute atomic E-state index is 11.7. The molecule has 2 heteroatoms. The standard InChI is InChI=1S/C14H29NO/c1-4-6-7-8-9-10-11-12-13(16)14(3,15)5-2/h4-12,15H2,1-3H3. The summed E-state index contributed by atoms with van der Waals surface area (Å²) in [6.45, 7) is 6.05. The summed E-state index contributed by atoms with van der Waals surface area (Å²) in [7, 11) is 0. The van der Waals surface area contributed by atoms with E-state index in [9.17, 15) is 4.79 Å². The molecule has 0 radical (unpaired) electrons. The highest BCUT2D eigenvalue weighted by Gasteiger charge is 2.24. The molecule has 0 heterocycles. The quantitative estimate of drug-likeness (QED) is 0.576. The van der Waals surface area contributed by atoms with Crippen LogP contribution in [0.1, 0.15) is 78.6 Å². The predicted octanol–water partition coefficient (Wildman–Crippen LogP) is 3.82. The Morgan fingerprint density at radius 3 is 2.00 bits per heavy atom. The first-order valence-electron chi connectivity index (χ1n) is 6.86. The summed E-state index contributed by atoms with van der Waals surface area (Å²) in [6.07, 6.45) is 10.1. The van der Waals surface area contributed by atoms with Gasteiger partial charge in [0, 0.05) is 6.42 Å². The van der Waals surface area contributed by atoms with E-state index in [0.717, 1.165) is 12.8 Å². The van der Waals surface area contributed by atoms with E-state index in [0.29, 0.717) is 6.42 Å². The fourth-order valence-electron chi connectivity index (χ4n) is 1.73. The van der Waals surface area contributed by atoms with Crippen molar-refractivity contribution in [2.24, 2.45) is 5.73 Å². The Morgan fingerprint density at radius 2 is 1.50 bits per heavy atom. The number of Topliss-reactive ketones (excluding diaryl/α,β-unsaturated/α-hetero) is 1. The Bertz CT molecular complexity index is 187. The highest BCUT2D eigenvalue weighted by molar-refractivity contribution is 5.87. The maximum Gasteiger partial charge on any atom is 0.152 e. The fourth-order valence-corrected chi connectivity index (χ4v) is 1.73. The first kappa shape index (κ1) is 15.6. The van der Waals surface area contributed by atoms with Crippen molar-refractivity contribution in [3.05, 3.63) is 0 Å². The van der Waals surface area contributed by atoms with E-state index in [2.05, 4.69) is 6.92 Å². The van der Waals surface area contributed by atoms with Crippen LogP contribution in [-0.4, -0.2) is 11.3 Å². The van der Waals surface area contributed by atoms with E-state index >= 15 is 0 Å². The van der Waals surface area contributed by atoms with Gasteiger partial charge in [-0.05, 0) is 19.8 Å². The minimum absolute atomic E-state index is 0.226. The van der Waals surface area contributed by atoms with Crippen molar-refractivity contribution >= 4 is 5.78 Å². The molecule has 96 valence electrons. The zero-order valence-corrected chi connectivity index (χ0v) is 11.3. The van der Waals surface area contributed by atoms with Gasteiger partial charge in [0.15, 0.2) is 5.78 Å². The molecule has 0 saturated carbocycles. The van der Waals surface area contributed by atoms with Gasteiger partial charge in [-0.3, -0.25) is 4.79 Å². The molecule has 2 nitrogen and oxygen atoms in total. The van der Waals surface area contributed by atoms with Gasteiger partial charge >= 0.3 is 0 Å². The zero-order valence-electron chi connectivity index (χ0n) is 11.3. The second-order valence-corrected chi connectivity index (χ2v) is 5.07. The van der Waals surface area contributed by atoms with Crippen molar-refractivity contribution in [2.75, 3.05) is 0 Å². The van der Waals surface area contributed by atoms with E-state index in [1.807, 2.05) is 13.8 Å². The van der Waals surface area contributed by atoms with Crippen LogP contribution in [0, 0.1) is 0 Å². The zero-order chi connectivity index (χ0) is 12.4. The monoisotopic (exact) mass is 227 g/mol. The van der Waals surface area contributed by atoms with Gasteiger partial charge in [0.2, 0.25) is 0 Å². The molecule has 0 aliphatic heterocycles. The van der Waals surface area contributed by atoms with Crippen LogP contribution in [0.2, 0.25) is 0 Å². The molecule has 16 heavy (non-hydrogen) atoms. The third-order valence-corrected chi connectivity index (χ3v) is 3.38. The molecule has 0 spiro atoms. The Balaban J connectivity index is 3.42. The molecule has 0 saturated heterocycles. The summed E-state index contributed by atoms with van der Waals surface area (Å²) in [4.78, 5) is 11.7. The molecule has 0 aromatic heterocycles. The van der Waals surface area contributed by atoms with Crippen LogP contribution in [0.3, 0.4) is 0 Å². The number of hydrogen-bond acceptors (Lipinski definition) is 2. The Hall–Kier alpha value is -0.370. The first-order valence-corrected chi connectivity index (χ1v) is 6.86. The third kappa shape index (κ3) is 7.00. The molecule has 0 amide bonds. The molecular formula is C14H29NO. The van der Waals surface area contributed by atoms with Crippen LogP contribution in [-0.2, 0) is 4.79 Å². The second-order valence-electron chi connectivity index (χ2n) is 5.07. The van der Waals surface area contributed by atoms with E-state index in [1.165, 1.54) is 38.5 Å². The van der Waals surface area contributed by atoms with Crippen LogP contribution >= 0.6 is 0 Å². The molecule has 0 aliphatic carbocycles. The van der Waals surface area contributed by atoms with Gasteiger partial charge in [-0.1, -0.05) is 52.4 Å². The van der Waals surface area contributed by atoms with Gasteiger partial charge in [-0.2, -0.15) is 0 Å². The van der Waals surface area contributed by atoms with E-state index in [4.69, 9.17) is 5.73 Å². The van der Waals surface area contributed by atoms with Crippen molar-refractivity contribution in [1.82, 2.24) is 0 Å². The minimum atomic E-state index is -0.595. The van der Waals surface area contributed by atoms with Crippen LogP contribution in [0.5, 0.6) is 0 Å². The van der Waals surface area contributed by atoms with Gasteiger partial charge in [0.05, 0.1) is 5.54 Å². The average molecular weight is 227 g/mol. The topological polar surface area (TPSA) is 43.1 Å². The van der Waals surface area contributed by atoms with Gasteiger partial charge in [-0.25, -0.2) is 0 Å². The molecule has 1 unspecified atom stereocenters. The molecule has 1 atom stereocenters. The molecule has 0 bridgehead atoms. The number of rotatable bonds is 10. The third-order valence-electron chi connectivity index (χ3n) is 3.38. The van der Waals surface area contributed by atoms with Crippen LogP contribution < -0.4 is 5.73 Å². The van der Waals surface area contributed by atoms with Gasteiger partial charge < -0.3 is 5.73 Å². The summed E-state index contributed by atoms with van der Waals surface area (Å²) in [5.74, 6) is 0.226. The number of ketones is 1. The minimum Gasteiger partial charge on any atom is -0.319 e. The lowest BCUT2D eigenvalue weighted by molar-refractivity contribution is -0.123. The number of carbonyl (C=O) groups excluding carboxylic acids is 1. The van der Waals surface area contributed by atoms with Crippen LogP contribution in [0.25, 0.3) is 0 Å². The molecule has 0 fully saturated rings. The summed E-state index contributed by atoms with van der Waals surface area (Å²) in [6, 6.07) is 0.